The van der Waals surface area contributed by atoms with Crippen molar-refractivity contribution in [3.63, 3.8) is 0 Å². The standard InChI is InChI=1S/C22H27ClN2O3S/c1-17(25(29(2,27)28)21-10-6-9-20(23)16-21)22(26)24-13-11-19(12-14-24)15-18-7-4-3-5-8-18/h3-10,16-17,19H,11-15H2,1-2H3/t17-/m1/s1. The summed E-state index contributed by atoms with van der Waals surface area (Å²) >= 11 is 6.04. The van der Waals surface area contributed by atoms with Crippen molar-refractivity contribution < 1.29 is 13.2 Å². The fraction of sp³-hybridized carbons (Fsp3) is 0.409. The van der Waals surface area contributed by atoms with Crippen molar-refractivity contribution in [1.29, 1.82) is 0 Å². The molecule has 3 rings (SSSR count). The summed E-state index contributed by atoms with van der Waals surface area (Å²) in [6.07, 6.45) is 3.97. The average Bonchev–Trinajstić information content (AvgIpc) is 2.68. The molecule has 1 aliphatic rings. The number of halogens is 1. The highest BCUT2D eigenvalue weighted by Crippen LogP contribution is 2.27. The summed E-state index contributed by atoms with van der Waals surface area (Å²) in [5.74, 6) is 0.365. The topological polar surface area (TPSA) is 57.7 Å². The molecule has 0 aromatic heterocycles. The van der Waals surface area contributed by atoms with Crippen LogP contribution in [0.15, 0.2) is 54.6 Å². The monoisotopic (exact) mass is 434 g/mol. The molecule has 1 amide bonds. The summed E-state index contributed by atoms with van der Waals surface area (Å²) in [5, 5.41) is 0.428. The second kappa shape index (κ2) is 9.18. The maximum atomic E-state index is 13.1. The molecule has 0 spiro atoms. The smallest absolute Gasteiger partial charge is 0.246 e. The van der Waals surface area contributed by atoms with Crippen LogP contribution in [0.25, 0.3) is 0 Å². The van der Waals surface area contributed by atoms with Crippen molar-refractivity contribution in [2.75, 3.05) is 23.7 Å². The molecule has 0 unspecified atom stereocenters. The second-order valence-electron chi connectivity index (χ2n) is 7.67. The van der Waals surface area contributed by atoms with Gasteiger partial charge in [0.1, 0.15) is 6.04 Å². The summed E-state index contributed by atoms with van der Waals surface area (Å²) in [5.41, 5.74) is 1.72. The van der Waals surface area contributed by atoms with Crippen LogP contribution in [0.1, 0.15) is 25.3 Å². The molecule has 0 aliphatic carbocycles. The van der Waals surface area contributed by atoms with Crippen LogP contribution in [-0.2, 0) is 21.2 Å². The van der Waals surface area contributed by atoms with Crippen LogP contribution in [0, 0.1) is 5.92 Å². The number of amides is 1. The van der Waals surface area contributed by atoms with Crippen LogP contribution < -0.4 is 4.31 Å². The molecule has 5 nitrogen and oxygen atoms in total. The summed E-state index contributed by atoms with van der Waals surface area (Å²) in [6, 6.07) is 16.1. The van der Waals surface area contributed by atoms with Crippen molar-refractivity contribution in [1.82, 2.24) is 4.90 Å². The molecule has 1 atom stereocenters. The molecular weight excluding hydrogens is 408 g/mol. The minimum atomic E-state index is -3.64. The summed E-state index contributed by atoms with van der Waals surface area (Å²) in [7, 11) is -3.64. The van der Waals surface area contributed by atoms with Crippen LogP contribution in [0.3, 0.4) is 0 Å². The van der Waals surface area contributed by atoms with E-state index >= 15 is 0 Å². The fourth-order valence-corrected chi connectivity index (χ4v) is 5.33. The summed E-state index contributed by atoms with van der Waals surface area (Å²) < 4.78 is 26.0. The molecule has 1 fully saturated rings. The van der Waals surface area contributed by atoms with E-state index in [2.05, 4.69) is 12.1 Å². The largest absolute Gasteiger partial charge is 0.341 e. The Bertz CT molecular complexity index is 942. The third-order valence-electron chi connectivity index (χ3n) is 5.42. The molecule has 1 saturated heterocycles. The van der Waals surface area contributed by atoms with Gasteiger partial charge in [0.15, 0.2) is 0 Å². The lowest BCUT2D eigenvalue weighted by molar-refractivity contribution is -0.133. The van der Waals surface area contributed by atoms with Crippen molar-refractivity contribution in [2.24, 2.45) is 5.92 Å². The summed E-state index contributed by atoms with van der Waals surface area (Å²) in [4.78, 5) is 14.9. The first-order valence-corrected chi connectivity index (χ1v) is 12.1. The Kier molecular flexibility index (Phi) is 6.85. The lowest BCUT2D eigenvalue weighted by Gasteiger charge is -2.36. The predicted octanol–water partition coefficient (Wildman–Crippen LogP) is 3.98. The lowest BCUT2D eigenvalue weighted by atomic mass is 9.90. The van der Waals surface area contributed by atoms with Crippen LogP contribution in [0.4, 0.5) is 5.69 Å². The van der Waals surface area contributed by atoms with Crippen molar-refractivity contribution in [2.45, 2.75) is 32.2 Å². The van der Waals surface area contributed by atoms with E-state index in [-0.39, 0.29) is 5.91 Å². The maximum Gasteiger partial charge on any atom is 0.246 e. The normalized spacial score (nSPS) is 16.4. The van der Waals surface area contributed by atoms with Gasteiger partial charge in [0.2, 0.25) is 15.9 Å². The van der Waals surface area contributed by atoms with Gasteiger partial charge in [0, 0.05) is 18.1 Å². The van der Waals surface area contributed by atoms with E-state index in [1.807, 2.05) is 18.2 Å². The Hall–Kier alpha value is -2.05. The third kappa shape index (κ3) is 5.52. The van der Waals surface area contributed by atoms with Gasteiger partial charge in [-0.2, -0.15) is 0 Å². The van der Waals surface area contributed by atoms with Gasteiger partial charge >= 0.3 is 0 Å². The van der Waals surface area contributed by atoms with Gasteiger partial charge in [-0.15, -0.1) is 0 Å². The highest BCUT2D eigenvalue weighted by atomic mass is 35.5. The molecule has 1 aliphatic heterocycles. The van der Waals surface area contributed by atoms with Crippen LogP contribution in [-0.4, -0.2) is 44.6 Å². The minimum Gasteiger partial charge on any atom is -0.341 e. The molecule has 7 heteroatoms. The number of sulfonamides is 1. The highest BCUT2D eigenvalue weighted by Gasteiger charge is 2.33. The van der Waals surface area contributed by atoms with Gasteiger partial charge in [-0.25, -0.2) is 8.42 Å². The molecule has 2 aromatic rings. The first-order chi connectivity index (χ1) is 13.8. The van der Waals surface area contributed by atoms with E-state index in [0.29, 0.717) is 29.7 Å². The molecule has 29 heavy (non-hydrogen) atoms. The minimum absolute atomic E-state index is 0.173. The Labute approximate surface area is 178 Å². The van der Waals surface area contributed by atoms with Gasteiger partial charge in [0.05, 0.1) is 11.9 Å². The van der Waals surface area contributed by atoms with Gasteiger partial charge in [0.25, 0.3) is 0 Å². The van der Waals surface area contributed by atoms with Crippen LogP contribution in [0.2, 0.25) is 5.02 Å². The maximum absolute atomic E-state index is 13.1. The van der Waals surface area contributed by atoms with Crippen molar-refractivity contribution >= 4 is 33.2 Å². The Morgan fingerprint density at radius 1 is 1.14 bits per heavy atom. The number of hydrogen-bond donors (Lipinski definition) is 0. The molecular formula is C22H27ClN2O3S. The zero-order valence-corrected chi connectivity index (χ0v) is 18.4. The molecule has 0 radical (unpaired) electrons. The van der Waals surface area contributed by atoms with E-state index in [4.69, 9.17) is 11.6 Å². The zero-order chi connectivity index (χ0) is 21.0. The Morgan fingerprint density at radius 3 is 2.38 bits per heavy atom. The van der Waals surface area contributed by atoms with Gasteiger partial charge in [-0.05, 0) is 55.9 Å². The third-order valence-corrected chi connectivity index (χ3v) is 6.90. The molecule has 0 bridgehead atoms. The Morgan fingerprint density at radius 2 is 1.79 bits per heavy atom. The molecule has 0 saturated carbocycles. The van der Waals surface area contributed by atoms with Gasteiger partial charge in [-0.3, -0.25) is 9.10 Å². The van der Waals surface area contributed by atoms with E-state index in [0.717, 1.165) is 29.8 Å². The van der Waals surface area contributed by atoms with Gasteiger partial charge in [-0.1, -0.05) is 48.0 Å². The number of likely N-dealkylation sites (tertiary alicyclic amines) is 1. The van der Waals surface area contributed by atoms with Crippen molar-refractivity contribution in [3.05, 3.63) is 65.2 Å². The number of nitrogens with zero attached hydrogens (tertiary/aromatic N) is 2. The average molecular weight is 435 g/mol. The number of carbonyl (C=O) groups excluding carboxylic acids is 1. The molecule has 1 heterocycles. The first kappa shape index (κ1) is 21.7. The van der Waals surface area contributed by atoms with E-state index in [9.17, 15) is 13.2 Å². The zero-order valence-electron chi connectivity index (χ0n) is 16.8. The molecule has 2 aromatic carbocycles. The fourth-order valence-electron chi connectivity index (χ4n) is 3.98. The van der Waals surface area contributed by atoms with E-state index in [1.54, 1.807) is 36.1 Å². The Balaban J connectivity index is 1.67. The predicted molar refractivity (Wildman–Crippen MR) is 118 cm³/mol. The number of carbonyl (C=O) groups is 1. The number of hydrogen-bond acceptors (Lipinski definition) is 3. The summed E-state index contributed by atoms with van der Waals surface area (Å²) in [6.45, 7) is 2.93. The number of anilines is 1. The van der Waals surface area contributed by atoms with E-state index in [1.165, 1.54) is 5.56 Å². The van der Waals surface area contributed by atoms with Crippen LogP contribution in [0.5, 0.6) is 0 Å². The molecule has 156 valence electrons. The first-order valence-electron chi connectivity index (χ1n) is 9.83. The molecule has 0 N–H and O–H groups in total. The van der Waals surface area contributed by atoms with E-state index < -0.39 is 16.1 Å². The second-order valence-corrected chi connectivity index (χ2v) is 9.97. The van der Waals surface area contributed by atoms with Crippen molar-refractivity contribution in [3.8, 4) is 0 Å². The number of rotatable bonds is 6. The highest BCUT2D eigenvalue weighted by molar-refractivity contribution is 7.92. The lowest BCUT2D eigenvalue weighted by Crippen LogP contribution is -2.51. The van der Waals surface area contributed by atoms with Gasteiger partial charge < -0.3 is 4.90 Å². The number of benzene rings is 2. The number of piperidine rings is 1. The SMILES string of the molecule is C[C@H](C(=O)N1CCC(Cc2ccccc2)CC1)N(c1cccc(Cl)c1)S(C)(=O)=O. The van der Waals surface area contributed by atoms with Crippen LogP contribution >= 0.6 is 11.6 Å². The quantitative estimate of drug-likeness (QED) is 0.691.